The summed E-state index contributed by atoms with van der Waals surface area (Å²) in [5, 5.41) is 1.25. The van der Waals surface area contributed by atoms with Crippen LogP contribution in [0, 0.1) is 0 Å². The van der Waals surface area contributed by atoms with E-state index in [0.717, 1.165) is 21.2 Å². The summed E-state index contributed by atoms with van der Waals surface area (Å²) in [5.74, 6) is 1.28. The molecule has 1 nitrogen and oxygen atoms in total. The van der Waals surface area contributed by atoms with Gasteiger partial charge in [-0.05, 0) is 24.3 Å². The molecule has 0 atom stereocenters. The van der Waals surface area contributed by atoms with Gasteiger partial charge in [-0.15, -0.1) is 23.5 Å². The summed E-state index contributed by atoms with van der Waals surface area (Å²) in [5.41, 5.74) is 1.52. The van der Waals surface area contributed by atoms with Gasteiger partial charge in [0.15, 0.2) is 0 Å². The molecule has 0 aliphatic carbocycles. The van der Waals surface area contributed by atoms with E-state index >= 15 is 0 Å². The van der Waals surface area contributed by atoms with Crippen molar-refractivity contribution in [1.82, 2.24) is 4.98 Å². The topological polar surface area (TPSA) is 12.9 Å². The van der Waals surface area contributed by atoms with E-state index < -0.39 is 0 Å². The standard InChI is InChI=1S/C19H14Cl3NS2.Ru/c20-17-15(11-24-13-7-3-1-4-8-13)23-16(18(21)19(17)22)12-25-14-9-5-2-6-10-14;/h1-10H,11-12H2;. The molecule has 0 amide bonds. The molecule has 0 saturated heterocycles. The van der Waals surface area contributed by atoms with Crippen LogP contribution in [0.2, 0.25) is 15.1 Å². The first-order valence-electron chi connectivity index (χ1n) is 7.53. The zero-order valence-corrected chi connectivity index (χ0v) is 19.1. The third kappa shape index (κ3) is 5.89. The second-order valence-electron chi connectivity index (χ2n) is 5.15. The van der Waals surface area contributed by atoms with E-state index in [0.29, 0.717) is 26.6 Å². The molecule has 0 bridgehead atoms. The molecule has 0 N–H and O–H groups in total. The number of aromatic nitrogens is 1. The maximum absolute atomic E-state index is 6.35. The van der Waals surface area contributed by atoms with Gasteiger partial charge in [-0.2, -0.15) is 0 Å². The second-order valence-corrected chi connectivity index (χ2v) is 8.38. The first kappa shape index (κ1) is 22.1. The van der Waals surface area contributed by atoms with Gasteiger partial charge in [0.25, 0.3) is 0 Å². The quantitative estimate of drug-likeness (QED) is 0.242. The normalized spacial score (nSPS) is 10.4. The number of nitrogens with zero attached hydrogens (tertiary/aromatic N) is 1. The van der Waals surface area contributed by atoms with Crippen molar-refractivity contribution in [3.05, 3.63) is 87.1 Å². The summed E-state index contributed by atoms with van der Waals surface area (Å²) in [6.07, 6.45) is 0. The molecule has 0 fully saturated rings. The van der Waals surface area contributed by atoms with Crippen molar-refractivity contribution in [3.63, 3.8) is 0 Å². The maximum atomic E-state index is 6.35. The average molecular weight is 528 g/mol. The van der Waals surface area contributed by atoms with Crippen LogP contribution in [0.1, 0.15) is 11.4 Å². The van der Waals surface area contributed by atoms with Gasteiger partial charge in [0.05, 0.1) is 26.5 Å². The molecule has 0 saturated carbocycles. The molecular formula is C19H14Cl3NRuS2. The van der Waals surface area contributed by atoms with Crippen LogP contribution in [-0.4, -0.2) is 4.98 Å². The fourth-order valence-corrected chi connectivity index (χ4v) is 4.69. The van der Waals surface area contributed by atoms with E-state index in [1.807, 2.05) is 36.4 Å². The van der Waals surface area contributed by atoms with E-state index in [2.05, 4.69) is 29.2 Å². The first-order chi connectivity index (χ1) is 12.1. The summed E-state index contributed by atoms with van der Waals surface area (Å²) in [4.78, 5) is 6.99. The zero-order valence-electron chi connectivity index (χ0n) is 13.4. The monoisotopic (exact) mass is 527 g/mol. The Balaban J connectivity index is 0.00000243. The van der Waals surface area contributed by atoms with Crippen molar-refractivity contribution in [3.8, 4) is 0 Å². The molecule has 7 heteroatoms. The maximum Gasteiger partial charge on any atom is 0.0831 e. The van der Waals surface area contributed by atoms with Crippen molar-refractivity contribution in [2.45, 2.75) is 21.3 Å². The van der Waals surface area contributed by atoms with Crippen LogP contribution in [0.3, 0.4) is 0 Å². The molecule has 2 aromatic carbocycles. The van der Waals surface area contributed by atoms with Crippen LogP contribution in [0.15, 0.2) is 70.5 Å². The van der Waals surface area contributed by atoms with Crippen LogP contribution in [0.4, 0.5) is 0 Å². The number of pyridine rings is 1. The van der Waals surface area contributed by atoms with E-state index in [9.17, 15) is 0 Å². The van der Waals surface area contributed by atoms with Crippen LogP contribution in [-0.2, 0) is 31.0 Å². The smallest absolute Gasteiger partial charge is 0.0831 e. The van der Waals surface area contributed by atoms with E-state index in [1.54, 1.807) is 23.5 Å². The summed E-state index contributed by atoms with van der Waals surface area (Å²) in [7, 11) is 0. The summed E-state index contributed by atoms with van der Waals surface area (Å²) in [6, 6.07) is 20.3. The summed E-state index contributed by atoms with van der Waals surface area (Å²) < 4.78 is 0. The van der Waals surface area contributed by atoms with Crippen molar-refractivity contribution < 1.29 is 19.5 Å². The largest absolute Gasteiger partial charge is 0.253 e. The Morgan fingerprint density at radius 3 is 1.38 bits per heavy atom. The minimum atomic E-state index is 0. The number of rotatable bonds is 6. The first-order valence-corrected chi connectivity index (χ1v) is 10.6. The molecule has 1 heterocycles. The number of hydrogen-bond acceptors (Lipinski definition) is 3. The molecule has 26 heavy (non-hydrogen) atoms. The van der Waals surface area contributed by atoms with Crippen molar-refractivity contribution in [2.24, 2.45) is 0 Å². The van der Waals surface area contributed by atoms with E-state index in [4.69, 9.17) is 34.8 Å². The molecule has 0 radical (unpaired) electrons. The van der Waals surface area contributed by atoms with Crippen LogP contribution < -0.4 is 0 Å². The van der Waals surface area contributed by atoms with Crippen LogP contribution in [0.25, 0.3) is 0 Å². The molecule has 0 spiro atoms. The summed E-state index contributed by atoms with van der Waals surface area (Å²) >= 11 is 22.4. The molecule has 0 unspecified atom stereocenters. The number of halogens is 3. The van der Waals surface area contributed by atoms with Crippen molar-refractivity contribution in [2.75, 3.05) is 0 Å². The van der Waals surface area contributed by atoms with Gasteiger partial charge in [0.2, 0.25) is 0 Å². The van der Waals surface area contributed by atoms with E-state index in [-0.39, 0.29) is 19.5 Å². The number of thioether (sulfide) groups is 2. The van der Waals surface area contributed by atoms with Gasteiger partial charge in [0.1, 0.15) is 0 Å². The van der Waals surface area contributed by atoms with Crippen LogP contribution in [0.5, 0.6) is 0 Å². The SMILES string of the molecule is Clc1c(CSc2ccccc2)nc(CSc2ccccc2)c(Cl)c1Cl.[Ru]. The fraction of sp³-hybridized carbons (Fsp3) is 0.105. The Morgan fingerprint density at radius 2 is 1.00 bits per heavy atom. The summed E-state index contributed by atoms with van der Waals surface area (Å²) in [6.45, 7) is 0. The van der Waals surface area contributed by atoms with Gasteiger partial charge < -0.3 is 0 Å². The van der Waals surface area contributed by atoms with Gasteiger partial charge in [0, 0.05) is 40.8 Å². The molecule has 136 valence electrons. The Bertz CT molecular complexity index is 781. The third-order valence-corrected chi connectivity index (χ3v) is 6.83. The predicted octanol–water partition coefficient (Wildman–Crippen LogP) is 7.62. The van der Waals surface area contributed by atoms with Crippen LogP contribution >= 0.6 is 58.3 Å². The van der Waals surface area contributed by atoms with Gasteiger partial charge in [-0.3, -0.25) is 4.98 Å². The minimum Gasteiger partial charge on any atom is -0.253 e. The Morgan fingerprint density at radius 1 is 0.615 bits per heavy atom. The fourth-order valence-electron chi connectivity index (χ4n) is 2.14. The van der Waals surface area contributed by atoms with Gasteiger partial charge in [-0.1, -0.05) is 71.2 Å². The molecular weight excluding hydrogens is 514 g/mol. The Labute approximate surface area is 190 Å². The molecule has 0 aliphatic rings. The zero-order chi connectivity index (χ0) is 17.6. The number of benzene rings is 2. The molecule has 3 rings (SSSR count). The minimum absolute atomic E-state index is 0. The predicted molar refractivity (Wildman–Crippen MR) is 111 cm³/mol. The molecule has 3 aromatic rings. The molecule has 0 aliphatic heterocycles. The Kier molecular flexibility index (Phi) is 9.30. The number of hydrogen-bond donors (Lipinski definition) is 0. The van der Waals surface area contributed by atoms with E-state index in [1.165, 1.54) is 0 Å². The van der Waals surface area contributed by atoms with Crippen molar-refractivity contribution >= 4 is 58.3 Å². The van der Waals surface area contributed by atoms with Crippen molar-refractivity contribution in [1.29, 1.82) is 0 Å². The van der Waals surface area contributed by atoms with Gasteiger partial charge >= 0.3 is 0 Å². The average Bonchev–Trinajstić information content (AvgIpc) is 2.66. The molecule has 1 aromatic heterocycles. The third-order valence-electron chi connectivity index (χ3n) is 3.40. The second kappa shape index (κ2) is 10.9. The Hall–Kier alpha value is -0.217. The van der Waals surface area contributed by atoms with Gasteiger partial charge in [-0.25, -0.2) is 0 Å².